The standard InChI is InChI=1S/C13H23N3O3S/c1-13(2,9-19-5)15-10-7-6-8-11(12(10)14)20(17,18)16(3)4/h6-8,15H,9,14H2,1-5H3. The van der Waals surface area contributed by atoms with E-state index in [9.17, 15) is 8.42 Å². The Kier molecular flexibility index (Phi) is 5.01. The lowest BCUT2D eigenvalue weighted by Gasteiger charge is -2.28. The molecule has 0 saturated carbocycles. The summed E-state index contributed by atoms with van der Waals surface area (Å²) in [6.07, 6.45) is 0. The molecule has 0 aliphatic rings. The summed E-state index contributed by atoms with van der Waals surface area (Å²) in [6.45, 7) is 4.36. The van der Waals surface area contributed by atoms with Crippen LogP contribution in [-0.2, 0) is 14.8 Å². The highest BCUT2D eigenvalue weighted by Crippen LogP contribution is 2.30. The van der Waals surface area contributed by atoms with Gasteiger partial charge in [-0.05, 0) is 26.0 Å². The number of benzene rings is 1. The summed E-state index contributed by atoms with van der Waals surface area (Å²) in [5.41, 5.74) is 6.44. The Balaban J connectivity index is 3.21. The predicted octanol–water partition coefficient (Wildman–Crippen LogP) is 1.36. The van der Waals surface area contributed by atoms with Crippen LogP contribution in [0.3, 0.4) is 0 Å². The third kappa shape index (κ3) is 3.62. The van der Waals surface area contributed by atoms with Gasteiger partial charge in [0.1, 0.15) is 4.90 Å². The van der Waals surface area contributed by atoms with Crippen molar-refractivity contribution in [3.8, 4) is 0 Å². The van der Waals surface area contributed by atoms with Gasteiger partial charge in [-0.15, -0.1) is 0 Å². The van der Waals surface area contributed by atoms with Gasteiger partial charge in [0.15, 0.2) is 0 Å². The van der Waals surface area contributed by atoms with Gasteiger partial charge in [0.25, 0.3) is 0 Å². The summed E-state index contributed by atoms with van der Waals surface area (Å²) in [5, 5.41) is 3.21. The van der Waals surface area contributed by atoms with Crippen LogP contribution in [0.2, 0.25) is 0 Å². The summed E-state index contributed by atoms with van der Waals surface area (Å²) in [5.74, 6) is 0. The summed E-state index contributed by atoms with van der Waals surface area (Å²) in [6, 6.07) is 4.92. The van der Waals surface area contributed by atoms with Crippen LogP contribution in [-0.4, -0.2) is 46.1 Å². The highest BCUT2D eigenvalue weighted by Gasteiger charge is 2.24. The molecule has 0 aliphatic carbocycles. The first-order chi connectivity index (χ1) is 9.12. The maximum absolute atomic E-state index is 12.2. The second-order valence-electron chi connectivity index (χ2n) is 5.45. The van der Waals surface area contributed by atoms with Gasteiger partial charge in [-0.1, -0.05) is 6.07 Å². The minimum atomic E-state index is -3.56. The number of para-hydroxylation sites is 1. The van der Waals surface area contributed by atoms with Crippen LogP contribution in [0, 0.1) is 0 Å². The van der Waals surface area contributed by atoms with E-state index in [4.69, 9.17) is 10.5 Å². The van der Waals surface area contributed by atoms with E-state index in [-0.39, 0.29) is 16.1 Å². The van der Waals surface area contributed by atoms with Crippen LogP contribution in [0.5, 0.6) is 0 Å². The molecule has 1 aromatic rings. The number of ether oxygens (including phenoxy) is 1. The molecular weight excluding hydrogens is 278 g/mol. The Bertz CT molecular complexity index is 568. The van der Waals surface area contributed by atoms with Crippen LogP contribution in [0.4, 0.5) is 11.4 Å². The first kappa shape index (κ1) is 16.7. The molecule has 3 N–H and O–H groups in total. The van der Waals surface area contributed by atoms with E-state index in [1.54, 1.807) is 19.2 Å². The molecule has 0 spiro atoms. The van der Waals surface area contributed by atoms with Crippen molar-refractivity contribution in [1.29, 1.82) is 0 Å². The van der Waals surface area contributed by atoms with E-state index in [1.807, 2.05) is 13.8 Å². The summed E-state index contributed by atoms with van der Waals surface area (Å²) < 4.78 is 30.6. The van der Waals surface area contributed by atoms with Crippen molar-refractivity contribution in [2.45, 2.75) is 24.3 Å². The van der Waals surface area contributed by atoms with Gasteiger partial charge in [-0.2, -0.15) is 0 Å². The number of methoxy groups -OCH3 is 1. The normalized spacial score (nSPS) is 12.7. The van der Waals surface area contributed by atoms with E-state index in [0.29, 0.717) is 12.3 Å². The minimum Gasteiger partial charge on any atom is -0.396 e. The molecule has 0 aromatic heterocycles. The van der Waals surface area contributed by atoms with Gasteiger partial charge >= 0.3 is 0 Å². The number of rotatable bonds is 6. The molecule has 0 aliphatic heterocycles. The highest BCUT2D eigenvalue weighted by atomic mass is 32.2. The van der Waals surface area contributed by atoms with Gasteiger partial charge < -0.3 is 15.8 Å². The molecule has 0 heterocycles. The number of anilines is 2. The molecule has 1 rings (SSSR count). The fraction of sp³-hybridized carbons (Fsp3) is 0.538. The molecule has 7 heteroatoms. The largest absolute Gasteiger partial charge is 0.396 e. The Morgan fingerprint density at radius 3 is 2.45 bits per heavy atom. The van der Waals surface area contributed by atoms with Gasteiger partial charge in [-0.25, -0.2) is 12.7 Å². The summed E-state index contributed by atoms with van der Waals surface area (Å²) in [4.78, 5) is 0.0979. The number of nitrogens with one attached hydrogen (secondary N) is 1. The summed E-state index contributed by atoms with van der Waals surface area (Å²) in [7, 11) is 1.00. The maximum Gasteiger partial charge on any atom is 0.244 e. The third-order valence-electron chi connectivity index (χ3n) is 2.80. The van der Waals surface area contributed by atoms with Gasteiger partial charge in [-0.3, -0.25) is 0 Å². The Labute approximate surface area is 121 Å². The van der Waals surface area contributed by atoms with Crippen LogP contribution < -0.4 is 11.1 Å². The topological polar surface area (TPSA) is 84.7 Å². The number of nitrogens with zero attached hydrogens (tertiary/aromatic N) is 1. The van der Waals surface area contributed by atoms with Crippen molar-refractivity contribution in [2.24, 2.45) is 0 Å². The molecule has 6 nitrogen and oxygen atoms in total. The van der Waals surface area contributed by atoms with Crippen molar-refractivity contribution in [3.05, 3.63) is 18.2 Å². The molecule has 0 atom stereocenters. The molecule has 114 valence electrons. The third-order valence-corrected chi connectivity index (χ3v) is 4.68. The van der Waals surface area contributed by atoms with E-state index >= 15 is 0 Å². The molecule has 0 amide bonds. The van der Waals surface area contributed by atoms with E-state index in [2.05, 4.69) is 5.32 Å². The Morgan fingerprint density at radius 1 is 1.35 bits per heavy atom. The predicted molar refractivity (Wildman–Crippen MR) is 81.3 cm³/mol. The number of sulfonamides is 1. The average Bonchev–Trinajstić information content (AvgIpc) is 2.31. The van der Waals surface area contributed by atoms with Crippen LogP contribution >= 0.6 is 0 Å². The zero-order valence-corrected chi connectivity index (χ0v) is 13.4. The van der Waals surface area contributed by atoms with E-state index in [0.717, 1.165) is 4.31 Å². The number of nitrogens with two attached hydrogens (primary N) is 1. The molecule has 0 radical (unpaired) electrons. The van der Waals surface area contributed by atoms with Gasteiger partial charge in [0.2, 0.25) is 10.0 Å². The average molecular weight is 301 g/mol. The van der Waals surface area contributed by atoms with Crippen LogP contribution in [0.25, 0.3) is 0 Å². The zero-order valence-electron chi connectivity index (χ0n) is 12.6. The minimum absolute atomic E-state index is 0.0979. The van der Waals surface area contributed by atoms with Crippen molar-refractivity contribution in [1.82, 2.24) is 4.31 Å². The second-order valence-corrected chi connectivity index (χ2v) is 7.57. The van der Waals surface area contributed by atoms with E-state index in [1.165, 1.54) is 20.2 Å². The fourth-order valence-corrected chi connectivity index (χ4v) is 2.87. The first-order valence-electron chi connectivity index (χ1n) is 6.20. The van der Waals surface area contributed by atoms with Crippen molar-refractivity contribution < 1.29 is 13.2 Å². The molecule has 0 bridgehead atoms. The molecule has 1 aromatic carbocycles. The highest BCUT2D eigenvalue weighted by molar-refractivity contribution is 7.89. The quantitative estimate of drug-likeness (QED) is 0.775. The Hall–Kier alpha value is -1.31. The maximum atomic E-state index is 12.2. The Morgan fingerprint density at radius 2 is 1.95 bits per heavy atom. The monoisotopic (exact) mass is 301 g/mol. The van der Waals surface area contributed by atoms with Crippen LogP contribution in [0.15, 0.2) is 23.1 Å². The number of hydrogen-bond donors (Lipinski definition) is 2. The van der Waals surface area contributed by atoms with Crippen molar-refractivity contribution in [3.63, 3.8) is 0 Å². The van der Waals surface area contributed by atoms with Gasteiger partial charge in [0.05, 0.1) is 23.5 Å². The second kappa shape index (κ2) is 5.99. The number of nitrogen functional groups attached to an aromatic ring is 1. The lowest BCUT2D eigenvalue weighted by atomic mass is 10.1. The summed E-state index contributed by atoms with van der Waals surface area (Å²) >= 11 is 0. The fourth-order valence-electron chi connectivity index (χ4n) is 1.84. The molecule has 0 saturated heterocycles. The SMILES string of the molecule is COCC(C)(C)Nc1cccc(S(=O)(=O)N(C)C)c1N. The van der Waals surface area contributed by atoms with Crippen LogP contribution in [0.1, 0.15) is 13.8 Å². The molecule has 0 unspecified atom stereocenters. The number of hydrogen-bond acceptors (Lipinski definition) is 5. The molecule has 0 fully saturated rings. The lowest BCUT2D eigenvalue weighted by Crippen LogP contribution is -2.36. The van der Waals surface area contributed by atoms with E-state index < -0.39 is 10.0 Å². The van der Waals surface area contributed by atoms with Crippen molar-refractivity contribution in [2.75, 3.05) is 38.9 Å². The zero-order chi connectivity index (χ0) is 15.6. The molecular formula is C13H23N3O3S. The molecule has 20 heavy (non-hydrogen) atoms. The van der Waals surface area contributed by atoms with Gasteiger partial charge in [0, 0.05) is 21.2 Å². The smallest absolute Gasteiger partial charge is 0.244 e. The lowest BCUT2D eigenvalue weighted by molar-refractivity contribution is 0.158. The first-order valence-corrected chi connectivity index (χ1v) is 7.64. The van der Waals surface area contributed by atoms with Crippen molar-refractivity contribution >= 4 is 21.4 Å².